The molecule has 1 aliphatic heterocycles. The highest BCUT2D eigenvalue weighted by atomic mass is 16.6. The van der Waals surface area contributed by atoms with Crippen LogP contribution in [0.15, 0.2) is 18.2 Å². The molecule has 1 unspecified atom stereocenters. The maximum absolute atomic E-state index is 11.4. The zero-order valence-electron chi connectivity index (χ0n) is 13.0. The quantitative estimate of drug-likeness (QED) is 0.683. The van der Waals surface area contributed by atoms with Crippen LogP contribution in [-0.4, -0.2) is 47.2 Å². The van der Waals surface area contributed by atoms with Gasteiger partial charge in [-0.25, -0.2) is 0 Å². The average Bonchev–Trinajstić information content (AvgIpc) is 2.41. The van der Waals surface area contributed by atoms with Crippen molar-refractivity contribution in [3.63, 3.8) is 0 Å². The Morgan fingerprint density at radius 3 is 2.57 bits per heavy atom. The van der Waals surface area contributed by atoms with E-state index in [-0.39, 0.29) is 16.1 Å². The van der Waals surface area contributed by atoms with Gasteiger partial charge in [-0.05, 0) is 39.4 Å². The number of likely N-dealkylation sites (N-methyl/N-ethyl adjacent to an activating group) is 1. The summed E-state index contributed by atoms with van der Waals surface area (Å²) in [5.41, 5.74) is 1.23. The van der Waals surface area contributed by atoms with E-state index < -0.39 is 6.10 Å². The van der Waals surface area contributed by atoms with Gasteiger partial charge in [0.1, 0.15) is 5.69 Å². The Bertz CT molecular complexity index is 543. The third-order valence-electron chi connectivity index (χ3n) is 4.34. The third-order valence-corrected chi connectivity index (χ3v) is 4.34. The molecule has 1 N–H and O–H groups in total. The van der Waals surface area contributed by atoms with E-state index >= 15 is 0 Å². The van der Waals surface area contributed by atoms with Gasteiger partial charge in [0, 0.05) is 31.2 Å². The van der Waals surface area contributed by atoms with E-state index in [0.29, 0.717) is 11.3 Å². The van der Waals surface area contributed by atoms with Crippen molar-refractivity contribution in [1.82, 2.24) is 4.90 Å². The van der Waals surface area contributed by atoms with E-state index in [2.05, 4.69) is 30.7 Å². The van der Waals surface area contributed by atoms with E-state index in [9.17, 15) is 15.2 Å². The lowest BCUT2D eigenvalue weighted by Gasteiger charge is -2.46. The van der Waals surface area contributed by atoms with Gasteiger partial charge in [-0.3, -0.25) is 15.0 Å². The van der Waals surface area contributed by atoms with Crippen LogP contribution in [0.2, 0.25) is 0 Å². The van der Waals surface area contributed by atoms with Gasteiger partial charge in [-0.1, -0.05) is 6.07 Å². The Morgan fingerprint density at radius 2 is 2.05 bits per heavy atom. The van der Waals surface area contributed by atoms with Crippen molar-refractivity contribution in [2.45, 2.75) is 32.4 Å². The predicted molar refractivity (Wildman–Crippen MR) is 82.7 cm³/mol. The lowest BCUT2D eigenvalue weighted by Crippen LogP contribution is -2.57. The van der Waals surface area contributed by atoms with E-state index in [0.717, 1.165) is 19.6 Å². The number of aliphatic hydroxyl groups is 1. The second-order valence-corrected chi connectivity index (χ2v) is 6.34. The van der Waals surface area contributed by atoms with Gasteiger partial charge < -0.3 is 10.0 Å². The fraction of sp³-hybridized carbons (Fsp3) is 0.600. The lowest BCUT2D eigenvalue weighted by molar-refractivity contribution is -0.384. The average molecular weight is 293 g/mol. The van der Waals surface area contributed by atoms with Crippen molar-refractivity contribution in [2.75, 3.05) is 31.6 Å². The molecule has 1 aliphatic rings. The second kappa shape index (κ2) is 5.61. The minimum atomic E-state index is -0.707. The molecule has 0 bridgehead atoms. The molecule has 21 heavy (non-hydrogen) atoms. The number of aliphatic hydroxyl groups excluding tert-OH is 1. The predicted octanol–water partition coefficient (Wildman–Crippen LogP) is 2.18. The summed E-state index contributed by atoms with van der Waals surface area (Å²) in [7, 11) is 2.07. The first-order valence-electron chi connectivity index (χ1n) is 7.15. The first-order chi connectivity index (χ1) is 9.72. The smallest absolute Gasteiger partial charge is 0.292 e. The van der Waals surface area contributed by atoms with Crippen molar-refractivity contribution in [2.24, 2.45) is 0 Å². The zero-order chi connectivity index (χ0) is 15.8. The molecule has 0 amide bonds. The van der Waals surface area contributed by atoms with Crippen LogP contribution in [0, 0.1) is 10.1 Å². The van der Waals surface area contributed by atoms with Gasteiger partial charge in [0.15, 0.2) is 0 Å². The minimum Gasteiger partial charge on any atom is -0.389 e. The highest BCUT2D eigenvalue weighted by molar-refractivity contribution is 5.65. The summed E-state index contributed by atoms with van der Waals surface area (Å²) in [5, 5.41) is 21.0. The number of nitrogens with zero attached hydrogens (tertiary/aromatic N) is 3. The normalized spacial score (nSPS) is 20.3. The van der Waals surface area contributed by atoms with Gasteiger partial charge in [0.05, 0.1) is 11.0 Å². The van der Waals surface area contributed by atoms with E-state index in [1.807, 2.05) is 0 Å². The van der Waals surface area contributed by atoms with Crippen LogP contribution < -0.4 is 4.90 Å². The van der Waals surface area contributed by atoms with Gasteiger partial charge >= 0.3 is 0 Å². The molecule has 0 aliphatic carbocycles. The molecule has 1 aromatic carbocycles. The van der Waals surface area contributed by atoms with Crippen LogP contribution in [0.1, 0.15) is 32.4 Å². The SMILES string of the molecule is CC(O)c1ccc(N2CCN(C)C(C)(C)C2)c([N+](=O)[O-])c1. The highest BCUT2D eigenvalue weighted by Gasteiger charge is 2.33. The topological polar surface area (TPSA) is 69.8 Å². The molecule has 0 saturated carbocycles. The molecule has 116 valence electrons. The molecule has 1 saturated heterocycles. The Kier molecular flexibility index (Phi) is 4.20. The molecular weight excluding hydrogens is 270 g/mol. The fourth-order valence-corrected chi connectivity index (χ4v) is 2.66. The summed E-state index contributed by atoms with van der Waals surface area (Å²) in [5.74, 6) is 0. The van der Waals surface area contributed by atoms with Crippen LogP contribution in [-0.2, 0) is 0 Å². The van der Waals surface area contributed by atoms with E-state index in [1.54, 1.807) is 19.1 Å². The van der Waals surface area contributed by atoms with Crippen LogP contribution in [0.4, 0.5) is 11.4 Å². The molecule has 1 heterocycles. The van der Waals surface area contributed by atoms with Crippen molar-refractivity contribution in [3.05, 3.63) is 33.9 Å². The number of nitro benzene ring substituents is 1. The number of anilines is 1. The minimum absolute atomic E-state index is 0.0327. The molecule has 6 heteroatoms. The standard InChI is InChI=1S/C15H23N3O3/c1-11(19)12-5-6-13(14(9-12)18(20)21)17-8-7-16(4)15(2,3)10-17/h5-6,9,11,19H,7-8,10H2,1-4H3. The van der Waals surface area contributed by atoms with E-state index in [1.165, 1.54) is 6.07 Å². The number of nitro groups is 1. The third kappa shape index (κ3) is 3.16. The van der Waals surface area contributed by atoms with Gasteiger partial charge in [-0.15, -0.1) is 0 Å². The highest BCUT2D eigenvalue weighted by Crippen LogP contribution is 2.34. The number of piperazine rings is 1. The molecule has 1 aromatic rings. The first kappa shape index (κ1) is 15.7. The van der Waals surface area contributed by atoms with Crippen LogP contribution >= 0.6 is 0 Å². The second-order valence-electron chi connectivity index (χ2n) is 6.34. The van der Waals surface area contributed by atoms with Crippen molar-refractivity contribution in [3.8, 4) is 0 Å². The molecule has 1 atom stereocenters. The van der Waals surface area contributed by atoms with Crippen LogP contribution in [0.5, 0.6) is 0 Å². The van der Waals surface area contributed by atoms with Crippen LogP contribution in [0.25, 0.3) is 0 Å². The Morgan fingerprint density at radius 1 is 1.38 bits per heavy atom. The van der Waals surface area contributed by atoms with Crippen molar-refractivity contribution in [1.29, 1.82) is 0 Å². The Hall–Kier alpha value is -1.66. The van der Waals surface area contributed by atoms with Crippen molar-refractivity contribution < 1.29 is 10.0 Å². The van der Waals surface area contributed by atoms with Crippen molar-refractivity contribution >= 4 is 11.4 Å². The molecule has 0 aromatic heterocycles. The van der Waals surface area contributed by atoms with Crippen LogP contribution in [0.3, 0.4) is 0 Å². The lowest BCUT2D eigenvalue weighted by atomic mass is 9.98. The summed E-state index contributed by atoms with van der Waals surface area (Å²) in [6, 6.07) is 4.99. The number of rotatable bonds is 3. The Labute approximate surface area is 125 Å². The number of hydrogen-bond donors (Lipinski definition) is 1. The summed E-state index contributed by atoms with van der Waals surface area (Å²) < 4.78 is 0. The summed E-state index contributed by atoms with van der Waals surface area (Å²) in [6.45, 7) is 8.23. The van der Waals surface area contributed by atoms with E-state index in [4.69, 9.17) is 0 Å². The fourth-order valence-electron chi connectivity index (χ4n) is 2.66. The molecule has 0 spiro atoms. The molecule has 6 nitrogen and oxygen atoms in total. The van der Waals surface area contributed by atoms with Gasteiger partial charge in [0.25, 0.3) is 5.69 Å². The molecule has 2 rings (SSSR count). The number of hydrogen-bond acceptors (Lipinski definition) is 5. The first-order valence-corrected chi connectivity index (χ1v) is 7.15. The molecule has 0 radical (unpaired) electrons. The van der Waals surface area contributed by atoms with Gasteiger partial charge in [0.2, 0.25) is 0 Å². The van der Waals surface area contributed by atoms with Gasteiger partial charge in [-0.2, -0.15) is 0 Å². The number of benzene rings is 1. The summed E-state index contributed by atoms with van der Waals surface area (Å²) >= 11 is 0. The summed E-state index contributed by atoms with van der Waals surface area (Å²) in [6.07, 6.45) is -0.707. The monoisotopic (exact) mass is 293 g/mol. The largest absolute Gasteiger partial charge is 0.389 e. The zero-order valence-corrected chi connectivity index (χ0v) is 13.0. The maximum Gasteiger partial charge on any atom is 0.292 e. The molecular formula is C15H23N3O3. The maximum atomic E-state index is 11.4. The Balaban J connectivity index is 2.37. The summed E-state index contributed by atoms with van der Waals surface area (Å²) in [4.78, 5) is 15.3. The molecule has 1 fully saturated rings.